The average Bonchev–Trinajstić information content (AvgIpc) is 3.38. The van der Waals surface area contributed by atoms with Crippen molar-refractivity contribution in [1.82, 2.24) is 19.4 Å². The topological polar surface area (TPSA) is 79.0 Å². The van der Waals surface area contributed by atoms with Crippen molar-refractivity contribution in [1.29, 1.82) is 5.26 Å². The summed E-state index contributed by atoms with van der Waals surface area (Å²) in [6.45, 7) is 1.59. The summed E-state index contributed by atoms with van der Waals surface area (Å²) in [6.07, 6.45) is 12.0. The Morgan fingerprint density at radius 1 is 1.44 bits per heavy atom. The summed E-state index contributed by atoms with van der Waals surface area (Å²) < 4.78 is 7.59. The number of nitrogens with zero attached hydrogens (tertiary/aromatic N) is 4. The van der Waals surface area contributed by atoms with Crippen LogP contribution in [0.5, 0.6) is 0 Å². The molecule has 0 radical (unpaired) electrons. The van der Waals surface area contributed by atoms with Crippen LogP contribution in [0.3, 0.4) is 0 Å². The highest BCUT2D eigenvalue weighted by Crippen LogP contribution is 2.36. The normalized spacial score (nSPS) is 21.0. The highest BCUT2D eigenvalue weighted by atomic mass is 16.5. The molecule has 0 saturated carbocycles. The minimum Gasteiger partial charge on any atom is -0.377 e. The monoisotopic (exact) mass is 331 g/mol. The molecule has 0 amide bonds. The summed E-state index contributed by atoms with van der Waals surface area (Å²) in [4.78, 5) is 12.6. The molecule has 3 aromatic rings. The highest BCUT2D eigenvalue weighted by Gasteiger charge is 2.31. The molecule has 0 aromatic carbocycles. The molecule has 1 N–H and O–H groups in total. The Morgan fingerprint density at radius 2 is 2.40 bits per heavy atom. The third-order valence-corrected chi connectivity index (χ3v) is 5.48. The Labute approximate surface area is 145 Å². The Balaban J connectivity index is 1.63. The van der Waals surface area contributed by atoms with Gasteiger partial charge in [0.25, 0.3) is 6.71 Å². The van der Waals surface area contributed by atoms with E-state index in [0.29, 0.717) is 12.5 Å². The van der Waals surface area contributed by atoms with Gasteiger partial charge in [0.1, 0.15) is 0 Å². The molecule has 1 atom stereocenters. The SMILES string of the molecule is N#CB1CCC(c2cn3c(cnc4[nH]cc(C5=CCOCC5)c43)n2)C1. The second kappa shape index (κ2) is 5.75. The number of aromatic amines is 1. The Hall–Kier alpha value is -2.59. The quantitative estimate of drug-likeness (QED) is 0.732. The zero-order valence-corrected chi connectivity index (χ0v) is 13.9. The van der Waals surface area contributed by atoms with E-state index in [1.807, 2.05) is 12.4 Å². The maximum absolute atomic E-state index is 9.16. The number of aromatic nitrogens is 4. The predicted octanol–water partition coefficient (Wildman–Crippen LogP) is 3.06. The maximum atomic E-state index is 9.16. The number of hydrogen-bond donors (Lipinski definition) is 1. The van der Waals surface area contributed by atoms with Crippen LogP contribution in [0.15, 0.2) is 24.7 Å². The molecule has 2 aliphatic heterocycles. The van der Waals surface area contributed by atoms with E-state index in [0.717, 1.165) is 54.6 Å². The van der Waals surface area contributed by atoms with Gasteiger partial charge in [-0.1, -0.05) is 25.1 Å². The zero-order valence-electron chi connectivity index (χ0n) is 13.9. The molecule has 6 nitrogen and oxygen atoms in total. The lowest BCUT2D eigenvalue weighted by Crippen LogP contribution is -2.04. The fourth-order valence-corrected chi connectivity index (χ4v) is 4.13. The summed E-state index contributed by atoms with van der Waals surface area (Å²) in [5.74, 6) is 2.78. The van der Waals surface area contributed by atoms with Crippen molar-refractivity contribution in [3.63, 3.8) is 0 Å². The number of hydrogen-bond acceptors (Lipinski definition) is 4. The standard InChI is InChI=1S/C18H18BN5O/c20-11-19-4-1-13(7-19)15-10-24-16(23-15)9-22-18-17(24)14(8-21-18)12-2-5-25-6-3-12/h2,8-10,13,21H,1,3-7H2. The van der Waals surface area contributed by atoms with Crippen LogP contribution in [0.1, 0.15) is 30.0 Å². The second-order valence-corrected chi connectivity index (χ2v) is 6.94. The van der Waals surface area contributed by atoms with Gasteiger partial charge in [-0.2, -0.15) is 0 Å². The second-order valence-electron chi connectivity index (χ2n) is 6.94. The number of imidazole rings is 1. The van der Waals surface area contributed by atoms with Crippen molar-refractivity contribution >= 4 is 29.1 Å². The molecule has 0 spiro atoms. The van der Waals surface area contributed by atoms with Gasteiger partial charge in [0.2, 0.25) is 0 Å². The molecule has 7 heteroatoms. The molecule has 5 rings (SSSR count). The number of nitrogens with one attached hydrogen (secondary N) is 1. The number of fused-ring (bicyclic) bond motifs is 3. The summed E-state index contributed by atoms with van der Waals surface area (Å²) in [7, 11) is 0. The van der Waals surface area contributed by atoms with Gasteiger partial charge in [-0.3, -0.25) is 4.40 Å². The Morgan fingerprint density at radius 3 is 3.20 bits per heavy atom. The molecule has 0 aliphatic carbocycles. The van der Waals surface area contributed by atoms with Crippen molar-refractivity contribution in [3.8, 4) is 5.97 Å². The maximum Gasteiger partial charge on any atom is 0.268 e. The lowest BCUT2D eigenvalue weighted by atomic mass is 9.50. The molecule has 3 aromatic heterocycles. The molecule has 0 bridgehead atoms. The minimum absolute atomic E-state index is 0.170. The Bertz CT molecular complexity index is 1030. The van der Waals surface area contributed by atoms with Gasteiger partial charge in [-0.25, -0.2) is 15.2 Å². The van der Waals surface area contributed by atoms with E-state index in [1.165, 1.54) is 11.1 Å². The summed E-state index contributed by atoms with van der Waals surface area (Å²) >= 11 is 0. The Kier molecular flexibility index (Phi) is 3.39. The van der Waals surface area contributed by atoms with Crippen LogP contribution in [0.2, 0.25) is 12.6 Å². The molecule has 25 heavy (non-hydrogen) atoms. The summed E-state index contributed by atoms with van der Waals surface area (Å²) in [6, 6.07) is 0. The van der Waals surface area contributed by atoms with Crippen molar-refractivity contribution in [2.24, 2.45) is 0 Å². The molecule has 2 aliphatic rings. The fraction of sp³-hybridized carbons (Fsp3) is 0.389. The number of H-pyrrole nitrogens is 1. The molecule has 1 fully saturated rings. The lowest BCUT2D eigenvalue weighted by molar-refractivity contribution is 0.161. The van der Waals surface area contributed by atoms with Crippen LogP contribution in [0.4, 0.5) is 0 Å². The summed E-state index contributed by atoms with van der Waals surface area (Å²) in [5.41, 5.74) is 6.39. The van der Waals surface area contributed by atoms with Crippen molar-refractivity contribution < 1.29 is 4.74 Å². The number of ether oxygens (including phenoxy) is 1. The van der Waals surface area contributed by atoms with E-state index in [9.17, 15) is 0 Å². The van der Waals surface area contributed by atoms with Crippen LogP contribution >= 0.6 is 0 Å². The molecule has 124 valence electrons. The van der Waals surface area contributed by atoms with Gasteiger partial charge < -0.3 is 9.72 Å². The van der Waals surface area contributed by atoms with Gasteiger partial charge in [0.05, 0.1) is 30.6 Å². The van der Waals surface area contributed by atoms with E-state index in [4.69, 9.17) is 15.0 Å². The smallest absolute Gasteiger partial charge is 0.268 e. The van der Waals surface area contributed by atoms with Crippen LogP contribution in [0, 0.1) is 11.2 Å². The van der Waals surface area contributed by atoms with Crippen molar-refractivity contribution in [3.05, 3.63) is 35.9 Å². The number of nitriles is 1. The predicted molar refractivity (Wildman–Crippen MR) is 96.6 cm³/mol. The first-order valence-corrected chi connectivity index (χ1v) is 8.85. The highest BCUT2D eigenvalue weighted by molar-refractivity contribution is 6.67. The van der Waals surface area contributed by atoms with Crippen LogP contribution in [-0.2, 0) is 4.74 Å². The first kappa shape index (κ1) is 14.7. The third kappa shape index (κ3) is 2.37. The van der Waals surface area contributed by atoms with Gasteiger partial charge in [0, 0.05) is 23.9 Å². The summed E-state index contributed by atoms with van der Waals surface area (Å²) in [5, 5.41) is 9.16. The number of rotatable bonds is 2. The van der Waals surface area contributed by atoms with Crippen LogP contribution in [0.25, 0.3) is 22.4 Å². The van der Waals surface area contributed by atoms with E-state index >= 15 is 0 Å². The lowest BCUT2D eigenvalue weighted by Gasteiger charge is -2.12. The van der Waals surface area contributed by atoms with Gasteiger partial charge in [-0.05, 0) is 17.9 Å². The van der Waals surface area contributed by atoms with Crippen molar-refractivity contribution in [2.75, 3.05) is 13.2 Å². The minimum atomic E-state index is 0.170. The van der Waals surface area contributed by atoms with Gasteiger partial charge in [0.15, 0.2) is 11.3 Å². The van der Waals surface area contributed by atoms with Gasteiger partial charge in [-0.15, -0.1) is 0 Å². The fourth-order valence-electron chi connectivity index (χ4n) is 4.13. The molecular formula is C18H18BN5O. The van der Waals surface area contributed by atoms with Crippen LogP contribution in [-0.4, -0.2) is 39.3 Å². The largest absolute Gasteiger partial charge is 0.377 e. The van der Waals surface area contributed by atoms with Crippen molar-refractivity contribution in [2.45, 2.75) is 31.4 Å². The van der Waals surface area contributed by atoms with Gasteiger partial charge >= 0.3 is 0 Å². The van der Waals surface area contributed by atoms with Crippen LogP contribution < -0.4 is 0 Å². The molecule has 1 saturated heterocycles. The molecule has 1 unspecified atom stereocenters. The first-order valence-electron chi connectivity index (χ1n) is 8.85. The molecular weight excluding hydrogens is 313 g/mol. The van der Waals surface area contributed by atoms with E-state index < -0.39 is 0 Å². The first-order chi connectivity index (χ1) is 12.3. The third-order valence-electron chi connectivity index (χ3n) is 5.48. The van der Waals surface area contributed by atoms with E-state index in [-0.39, 0.29) is 6.71 Å². The molecule has 5 heterocycles. The van der Waals surface area contributed by atoms with E-state index in [1.54, 1.807) is 0 Å². The zero-order chi connectivity index (χ0) is 16.8. The average molecular weight is 331 g/mol. The van der Waals surface area contributed by atoms with E-state index in [2.05, 4.69) is 32.6 Å².